The summed E-state index contributed by atoms with van der Waals surface area (Å²) >= 11 is 0. The maximum Gasteiger partial charge on any atom is 0.436 e. The second-order valence-corrected chi connectivity index (χ2v) is 8.24. The third-order valence-corrected chi connectivity index (χ3v) is 5.08. The molecule has 0 heterocycles. The van der Waals surface area contributed by atoms with Crippen LogP contribution in [-0.4, -0.2) is 47.2 Å². The van der Waals surface area contributed by atoms with Crippen LogP contribution in [0.15, 0.2) is 39.8 Å². The number of hydrogen-bond donors (Lipinski definition) is 0. The van der Waals surface area contributed by atoms with Crippen LogP contribution in [0.25, 0.3) is 0 Å². The molecular weight excluding hydrogens is 368 g/mol. The molecule has 10 heteroatoms. The monoisotopic (exact) mass is 390 g/mol. The molecule has 0 N–H and O–H groups in total. The van der Waals surface area contributed by atoms with Gasteiger partial charge in [-0.05, 0) is 25.0 Å². The maximum absolute atomic E-state index is 11.3. The summed E-state index contributed by atoms with van der Waals surface area (Å²) in [7, 11) is -4.11. The molecule has 8 nitrogen and oxygen atoms in total. The fourth-order valence-corrected chi connectivity index (χ4v) is 3.19. The Labute approximate surface area is 149 Å². The van der Waals surface area contributed by atoms with Crippen LogP contribution in [0, 0.1) is 0 Å². The molecule has 0 atom stereocenters. The van der Waals surface area contributed by atoms with Crippen LogP contribution >= 0.6 is 0 Å². The van der Waals surface area contributed by atoms with Crippen LogP contribution in [0.3, 0.4) is 0 Å². The number of carbonyl (C=O) groups is 1. The normalized spacial score (nSPS) is 14.6. The van der Waals surface area contributed by atoms with E-state index in [1.807, 2.05) is 0 Å². The van der Waals surface area contributed by atoms with Gasteiger partial charge in [0, 0.05) is 19.3 Å². The van der Waals surface area contributed by atoms with Crippen molar-refractivity contribution >= 4 is 26.4 Å². The van der Waals surface area contributed by atoms with Crippen LogP contribution in [-0.2, 0) is 25.2 Å². The predicted molar refractivity (Wildman–Crippen MR) is 92.0 cm³/mol. The Morgan fingerprint density at radius 3 is 2.16 bits per heavy atom. The molecule has 0 unspecified atom stereocenters. The highest BCUT2D eigenvalue weighted by molar-refractivity contribution is 7.90. The first-order valence-corrected chi connectivity index (χ1v) is 10.6. The molecule has 0 bridgehead atoms. The molecule has 0 aromatic heterocycles. The molecule has 1 aliphatic carbocycles. The van der Waals surface area contributed by atoms with Gasteiger partial charge in [-0.3, -0.25) is 4.84 Å². The summed E-state index contributed by atoms with van der Waals surface area (Å²) in [6.07, 6.45) is 5.72. The van der Waals surface area contributed by atoms with Crippen molar-refractivity contribution in [2.75, 3.05) is 13.3 Å². The van der Waals surface area contributed by atoms with Crippen molar-refractivity contribution < 1.29 is 26.5 Å². The molecule has 1 aromatic rings. The summed E-state index contributed by atoms with van der Waals surface area (Å²) in [4.78, 5) is 17.3. The minimum Gasteiger partial charge on any atom is -0.306 e. The maximum atomic E-state index is 11.3. The SMILES string of the molecule is CN(C(=O)ON=S(=O)=O)C1CCCCC1.CS(=O)(=O)c1ccccc1. The van der Waals surface area contributed by atoms with Crippen LogP contribution in [0.4, 0.5) is 4.79 Å². The Morgan fingerprint density at radius 2 is 1.72 bits per heavy atom. The van der Waals surface area contributed by atoms with Gasteiger partial charge in [0.05, 0.1) is 9.42 Å². The van der Waals surface area contributed by atoms with Crippen molar-refractivity contribution in [2.45, 2.75) is 43.0 Å². The molecule has 1 fully saturated rings. The molecule has 1 saturated carbocycles. The van der Waals surface area contributed by atoms with Gasteiger partial charge in [0.2, 0.25) is 0 Å². The van der Waals surface area contributed by atoms with Gasteiger partial charge in [-0.15, -0.1) is 0 Å². The van der Waals surface area contributed by atoms with Gasteiger partial charge in [0.1, 0.15) is 0 Å². The smallest absolute Gasteiger partial charge is 0.306 e. The number of hydrogen-bond acceptors (Lipinski definition) is 7. The third kappa shape index (κ3) is 8.12. The van der Waals surface area contributed by atoms with Crippen LogP contribution in [0.5, 0.6) is 0 Å². The Kier molecular flexibility index (Phi) is 8.56. The molecule has 1 amide bonds. The van der Waals surface area contributed by atoms with Crippen molar-refractivity contribution in [1.82, 2.24) is 4.90 Å². The third-order valence-electron chi connectivity index (χ3n) is 3.76. The minimum atomic E-state index is -3.00. The van der Waals surface area contributed by atoms with Crippen molar-refractivity contribution in [3.63, 3.8) is 0 Å². The summed E-state index contributed by atoms with van der Waals surface area (Å²) in [5.74, 6) is 0. The van der Waals surface area contributed by atoms with Gasteiger partial charge in [-0.1, -0.05) is 37.5 Å². The highest BCUT2D eigenvalue weighted by Crippen LogP contribution is 2.21. The molecule has 1 aliphatic rings. The van der Waals surface area contributed by atoms with E-state index in [2.05, 4.69) is 9.36 Å². The number of amides is 1. The molecule has 2 rings (SSSR count). The van der Waals surface area contributed by atoms with Crippen molar-refractivity contribution in [1.29, 1.82) is 0 Å². The van der Waals surface area contributed by atoms with Crippen molar-refractivity contribution in [2.24, 2.45) is 4.53 Å². The lowest BCUT2D eigenvalue weighted by Gasteiger charge is -2.29. The number of rotatable bonds is 3. The van der Waals surface area contributed by atoms with Gasteiger partial charge in [0.15, 0.2) is 9.84 Å². The highest BCUT2D eigenvalue weighted by Gasteiger charge is 2.23. The Balaban J connectivity index is 0.000000271. The fraction of sp³-hybridized carbons (Fsp3) is 0.533. The Bertz CT molecular complexity index is 777. The Hall–Kier alpha value is -1.94. The van der Waals surface area contributed by atoms with E-state index in [1.54, 1.807) is 37.4 Å². The molecule has 140 valence electrons. The number of carbonyl (C=O) groups excluding carboxylic acids is 1. The van der Waals surface area contributed by atoms with E-state index >= 15 is 0 Å². The van der Waals surface area contributed by atoms with E-state index < -0.39 is 26.4 Å². The van der Waals surface area contributed by atoms with E-state index in [0.29, 0.717) is 4.90 Å². The van der Waals surface area contributed by atoms with E-state index in [9.17, 15) is 21.6 Å². The number of nitrogens with zero attached hydrogens (tertiary/aromatic N) is 2. The second-order valence-electron chi connectivity index (χ2n) is 5.64. The highest BCUT2D eigenvalue weighted by atomic mass is 32.2. The fourth-order valence-electron chi connectivity index (χ4n) is 2.41. The van der Waals surface area contributed by atoms with E-state index in [0.717, 1.165) is 25.7 Å². The van der Waals surface area contributed by atoms with E-state index in [4.69, 9.17) is 0 Å². The summed E-state index contributed by atoms with van der Waals surface area (Å²) in [5, 5.41) is 0. The standard InChI is InChI=1S/C8H14N2O4S.C7H8O2S/c1-10(7-5-3-2-4-6-7)8(11)14-9-15(12)13;1-10(8,9)7-5-3-2-4-6-7/h7H,2-6H2,1H3;2-6H,1H3. The van der Waals surface area contributed by atoms with Gasteiger partial charge >= 0.3 is 16.6 Å². The summed E-state index contributed by atoms with van der Waals surface area (Å²) in [6, 6.07) is 8.49. The lowest BCUT2D eigenvalue weighted by atomic mass is 9.95. The zero-order valence-corrected chi connectivity index (χ0v) is 15.8. The Morgan fingerprint density at radius 1 is 1.16 bits per heavy atom. The number of benzene rings is 1. The topological polar surface area (TPSA) is 110 Å². The quantitative estimate of drug-likeness (QED) is 0.733. The molecule has 0 saturated heterocycles. The lowest BCUT2D eigenvalue weighted by molar-refractivity contribution is 0.0932. The van der Waals surface area contributed by atoms with Crippen LogP contribution in [0.2, 0.25) is 0 Å². The second kappa shape index (κ2) is 10.1. The van der Waals surface area contributed by atoms with Crippen molar-refractivity contribution in [3.8, 4) is 0 Å². The average molecular weight is 390 g/mol. The zero-order chi connectivity index (χ0) is 18.9. The van der Waals surface area contributed by atoms with Gasteiger partial charge in [0.25, 0.3) is 0 Å². The first-order chi connectivity index (χ1) is 11.7. The molecule has 0 spiro atoms. The largest absolute Gasteiger partial charge is 0.436 e. The van der Waals surface area contributed by atoms with E-state index in [-0.39, 0.29) is 6.04 Å². The minimum absolute atomic E-state index is 0.140. The van der Waals surface area contributed by atoms with Crippen molar-refractivity contribution in [3.05, 3.63) is 30.3 Å². The predicted octanol–water partition coefficient (Wildman–Crippen LogP) is 2.46. The average Bonchev–Trinajstić information content (AvgIpc) is 2.60. The van der Waals surface area contributed by atoms with Gasteiger partial charge in [-0.25, -0.2) is 13.2 Å². The first-order valence-electron chi connectivity index (χ1n) is 7.71. The van der Waals surface area contributed by atoms with Gasteiger partial charge < -0.3 is 4.90 Å². The summed E-state index contributed by atoms with van der Waals surface area (Å²) in [6.45, 7) is 0. The molecule has 1 aromatic carbocycles. The molecule has 0 aliphatic heterocycles. The van der Waals surface area contributed by atoms with Gasteiger partial charge in [-0.2, -0.15) is 8.42 Å². The lowest BCUT2D eigenvalue weighted by Crippen LogP contribution is -2.37. The molecule has 25 heavy (non-hydrogen) atoms. The zero-order valence-electron chi connectivity index (χ0n) is 14.2. The number of sulfone groups is 1. The first kappa shape index (κ1) is 21.1. The summed E-state index contributed by atoms with van der Waals surface area (Å²) in [5.41, 5.74) is 0. The van der Waals surface area contributed by atoms with Crippen LogP contribution < -0.4 is 0 Å². The molecular formula is C15H22N2O6S2. The van der Waals surface area contributed by atoms with E-state index in [1.165, 1.54) is 17.6 Å². The molecule has 0 radical (unpaired) electrons. The van der Waals surface area contributed by atoms with Crippen LogP contribution in [0.1, 0.15) is 32.1 Å². The summed E-state index contributed by atoms with van der Waals surface area (Å²) < 4.78 is 44.4.